The molecular weight excluding hydrogens is 542 g/mol. The van der Waals surface area contributed by atoms with Gasteiger partial charge in [0.25, 0.3) is 0 Å². The fraction of sp³-hybridized carbons (Fsp3) is 0.407. The van der Waals surface area contributed by atoms with Crippen LogP contribution in [-0.4, -0.2) is 57.0 Å². The summed E-state index contributed by atoms with van der Waals surface area (Å²) in [7, 11) is -3.35. The van der Waals surface area contributed by atoms with Gasteiger partial charge in [-0.1, -0.05) is 31.2 Å². The molecule has 9 heteroatoms. The highest BCUT2D eigenvalue weighted by Gasteiger charge is 2.19. The zero-order valence-electron chi connectivity index (χ0n) is 20.7. The number of hydrogen-bond acceptors (Lipinski definition) is 7. The molecule has 0 aliphatic carbocycles. The van der Waals surface area contributed by atoms with E-state index in [1.54, 1.807) is 18.3 Å². The smallest absolute Gasteiger partial charge is 0.178 e. The van der Waals surface area contributed by atoms with Crippen molar-refractivity contribution in [2.45, 2.75) is 38.0 Å². The summed E-state index contributed by atoms with van der Waals surface area (Å²) in [6.07, 6.45) is 3.21. The van der Waals surface area contributed by atoms with Crippen molar-refractivity contribution in [3.8, 4) is 5.75 Å². The van der Waals surface area contributed by atoms with Crippen LogP contribution in [0, 0.1) is 0 Å². The molecular formula is C27H32BrN3O4S. The molecule has 0 N–H and O–H groups in total. The molecule has 0 radical (unpaired) electrons. The Kier molecular flexibility index (Phi) is 8.98. The third-order valence-corrected chi connectivity index (χ3v) is 8.76. The third kappa shape index (κ3) is 6.44. The second-order valence-corrected chi connectivity index (χ2v) is 11.6. The lowest BCUT2D eigenvalue weighted by atomic mass is 10.1. The van der Waals surface area contributed by atoms with Gasteiger partial charge in [-0.15, -0.1) is 0 Å². The van der Waals surface area contributed by atoms with Crippen LogP contribution >= 0.6 is 15.9 Å². The Morgan fingerprint density at radius 2 is 1.83 bits per heavy atom. The Morgan fingerprint density at radius 1 is 1.06 bits per heavy atom. The largest absolute Gasteiger partial charge is 0.494 e. The van der Waals surface area contributed by atoms with Crippen LogP contribution in [0.4, 0.5) is 5.69 Å². The van der Waals surface area contributed by atoms with Gasteiger partial charge in [0.1, 0.15) is 11.6 Å². The molecule has 3 aromatic rings. The topological polar surface area (TPSA) is 81.6 Å². The number of rotatable bonds is 10. The molecule has 7 nitrogen and oxygen atoms in total. The maximum Gasteiger partial charge on any atom is 0.178 e. The molecule has 1 aliphatic rings. The minimum absolute atomic E-state index is 0.126. The van der Waals surface area contributed by atoms with Crippen molar-refractivity contribution in [2.24, 2.45) is 0 Å². The maximum absolute atomic E-state index is 12.8. The number of morpholine rings is 1. The van der Waals surface area contributed by atoms with E-state index in [4.69, 9.17) is 14.5 Å². The maximum atomic E-state index is 12.8. The van der Waals surface area contributed by atoms with E-state index in [1.807, 2.05) is 26.0 Å². The van der Waals surface area contributed by atoms with Crippen molar-refractivity contribution >= 4 is 31.5 Å². The molecule has 0 unspecified atom stereocenters. The van der Waals surface area contributed by atoms with E-state index in [2.05, 4.69) is 44.0 Å². The van der Waals surface area contributed by atoms with Crippen molar-refractivity contribution in [3.63, 3.8) is 0 Å². The molecule has 1 fully saturated rings. The van der Waals surface area contributed by atoms with Crippen LogP contribution in [-0.2, 0) is 27.4 Å². The van der Waals surface area contributed by atoms with Crippen LogP contribution in [0.15, 0.2) is 58.0 Å². The van der Waals surface area contributed by atoms with Crippen molar-refractivity contribution in [1.82, 2.24) is 9.97 Å². The van der Waals surface area contributed by atoms with E-state index < -0.39 is 9.84 Å². The highest BCUT2D eigenvalue weighted by Crippen LogP contribution is 2.29. The number of nitrogens with zero attached hydrogens (tertiary/aromatic N) is 3. The second kappa shape index (κ2) is 12.2. The summed E-state index contributed by atoms with van der Waals surface area (Å²) < 4.78 is 37.8. The normalized spacial score (nSPS) is 14.1. The quantitative estimate of drug-likeness (QED) is 0.343. The van der Waals surface area contributed by atoms with E-state index >= 15 is 0 Å². The lowest BCUT2D eigenvalue weighted by Gasteiger charge is -2.29. The monoisotopic (exact) mass is 573 g/mol. The van der Waals surface area contributed by atoms with Gasteiger partial charge in [-0.05, 0) is 47.0 Å². The van der Waals surface area contributed by atoms with Gasteiger partial charge in [-0.3, -0.25) is 0 Å². The third-order valence-electron chi connectivity index (χ3n) is 6.08. The molecule has 36 heavy (non-hydrogen) atoms. The number of ether oxygens (including phenoxy) is 2. The van der Waals surface area contributed by atoms with Crippen LogP contribution < -0.4 is 9.64 Å². The van der Waals surface area contributed by atoms with Gasteiger partial charge in [0.15, 0.2) is 9.84 Å². The van der Waals surface area contributed by atoms with Crippen molar-refractivity contribution in [3.05, 3.63) is 75.8 Å². The molecule has 2 aromatic carbocycles. The fourth-order valence-electron chi connectivity index (χ4n) is 4.33. The molecule has 192 valence electrons. The first-order chi connectivity index (χ1) is 17.4. The van der Waals surface area contributed by atoms with Crippen LogP contribution in [0.2, 0.25) is 0 Å². The van der Waals surface area contributed by atoms with Gasteiger partial charge in [-0.25, -0.2) is 18.4 Å². The number of aromatic nitrogens is 2. The first kappa shape index (κ1) is 26.6. The summed E-state index contributed by atoms with van der Waals surface area (Å²) in [5, 5.41) is 0. The Labute approximate surface area is 221 Å². The lowest BCUT2D eigenvalue weighted by molar-refractivity contribution is 0.122. The average Bonchev–Trinajstić information content (AvgIpc) is 2.88. The molecule has 4 rings (SSSR count). The summed E-state index contributed by atoms with van der Waals surface area (Å²) in [4.78, 5) is 12.0. The summed E-state index contributed by atoms with van der Waals surface area (Å²) in [6, 6.07) is 13.4. The molecule has 0 atom stereocenters. The number of benzene rings is 2. The van der Waals surface area contributed by atoms with E-state index in [0.717, 1.165) is 59.0 Å². The molecule has 0 spiro atoms. The second-order valence-electron chi connectivity index (χ2n) is 8.69. The molecule has 2 heterocycles. The molecule has 0 amide bonds. The van der Waals surface area contributed by atoms with Gasteiger partial charge in [0, 0.05) is 49.4 Å². The SMILES string of the molecule is CCCS(=O)(=O)c1ccccc1Cc1nc(Cc2ccc(N3CCOCC3)cc2OCC)ncc1Br. The van der Waals surface area contributed by atoms with E-state index in [1.165, 1.54) is 0 Å². The van der Waals surface area contributed by atoms with Gasteiger partial charge in [-0.2, -0.15) is 0 Å². The first-order valence-electron chi connectivity index (χ1n) is 12.3. The van der Waals surface area contributed by atoms with Gasteiger partial charge in [0.2, 0.25) is 0 Å². The number of anilines is 1. The summed E-state index contributed by atoms with van der Waals surface area (Å²) in [5.41, 5.74) is 3.61. The average molecular weight is 575 g/mol. The highest BCUT2D eigenvalue weighted by molar-refractivity contribution is 9.10. The van der Waals surface area contributed by atoms with Gasteiger partial charge in [0.05, 0.1) is 40.6 Å². The number of hydrogen-bond donors (Lipinski definition) is 0. The van der Waals surface area contributed by atoms with Crippen molar-refractivity contribution < 1.29 is 17.9 Å². The molecule has 1 aliphatic heterocycles. The fourth-order valence-corrected chi connectivity index (χ4v) is 6.25. The van der Waals surface area contributed by atoms with E-state index in [-0.39, 0.29) is 5.75 Å². The van der Waals surface area contributed by atoms with Crippen LogP contribution in [0.5, 0.6) is 5.75 Å². The van der Waals surface area contributed by atoms with Gasteiger partial charge < -0.3 is 14.4 Å². The van der Waals surface area contributed by atoms with E-state index in [0.29, 0.717) is 36.6 Å². The molecule has 0 bridgehead atoms. The lowest BCUT2D eigenvalue weighted by Crippen LogP contribution is -2.36. The predicted octanol–water partition coefficient (Wildman–Crippen LogP) is 4.84. The number of sulfone groups is 1. The first-order valence-corrected chi connectivity index (χ1v) is 14.7. The Balaban J connectivity index is 1.60. The van der Waals surface area contributed by atoms with Crippen molar-refractivity contribution in [1.29, 1.82) is 0 Å². The Bertz CT molecular complexity index is 1290. The van der Waals surface area contributed by atoms with Crippen molar-refractivity contribution in [2.75, 3.05) is 43.6 Å². The molecule has 1 saturated heterocycles. The summed E-state index contributed by atoms with van der Waals surface area (Å²) in [6.45, 7) is 7.59. The van der Waals surface area contributed by atoms with Gasteiger partial charge >= 0.3 is 0 Å². The number of halogens is 1. The zero-order valence-corrected chi connectivity index (χ0v) is 23.1. The van der Waals surface area contributed by atoms with Crippen LogP contribution in [0.3, 0.4) is 0 Å². The molecule has 1 aromatic heterocycles. The Hall–Kier alpha value is -2.49. The summed E-state index contributed by atoms with van der Waals surface area (Å²) >= 11 is 3.56. The summed E-state index contributed by atoms with van der Waals surface area (Å²) in [5.74, 6) is 1.61. The van der Waals surface area contributed by atoms with E-state index in [9.17, 15) is 8.42 Å². The Morgan fingerprint density at radius 3 is 2.58 bits per heavy atom. The molecule has 0 saturated carbocycles. The highest BCUT2D eigenvalue weighted by atomic mass is 79.9. The van der Waals surface area contributed by atoms with Crippen LogP contribution in [0.25, 0.3) is 0 Å². The minimum atomic E-state index is -3.35. The minimum Gasteiger partial charge on any atom is -0.494 e. The zero-order chi connectivity index (χ0) is 25.5. The predicted molar refractivity (Wildman–Crippen MR) is 145 cm³/mol. The standard InChI is InChI=1S/C27H32BrN3O4S/c1-3-15-36(32,33)26-8-6-5-7-21(26)16-24-23(28)19-29-27(30-24)17-20-9-10-22(18-25(20)35-4-2)31-11-13-34-14-12-31/h5-10,18-19H,3-4,11-17H2,1-2H3. The van der Waals surface area contributed by atoms with Crippen LogP contribution in [0.1, 0.15) is 42.9 Å².